The van der Waals surface area contributed by atoms with Crippen LogP contribution in [0.2, 0.25) is 0 Å². The molecule has 0 aromatic heterocycles. The summed E-state index contributed by atoms with van der Waals surface area (Å²) < 4.78 is 37.0. The summed E-state index contributed by atoms with van der Waals surface area (Å²) in [4.78, 5) is 28.0. The number of piperidine rings is 1. The number of carbonyl (C=O) groups excluding carboxylic acids is 2. The number of hydrogen-bond donors (Lipinski definition) is 2. The van der Waals surface area contributed by atoms with Crippen molar-refractivity contribution in [2.24, 2.45) is 5.41 Å². The Morgan fingerprint density at radius 1 is 1.05 bits per heavy atom. The number of ketones is 1. The van der Waals surface area contributed by atoms with Gasteiger partial charge in [0.15, 0.2) is 5.78 Å². The maximum atomic E-state index is 14.5. The van der Waals surface area contributed by atoms with E-state index in [9.17, 15) is 23.3 Å². The maximum absolute atomic E-state index is 14.5. The van der Waals surface area contributed by atoms with Crippen molar-refractivity contribution in [1.82, 2.24) is 10.0 Å². The van der Waals surface area contributed by atoms with Crippen LogP contribution in [0.4, 0.5) is 0 Å². The summed E-state index contributed by atoms with van der Waals surface area (Å²) in [5, 5.41) is 12.6. The number of sulfonamides is 1. The predicted octanol–water partition coefficient (Wildman–Crippen LogP) is 5.32. The highest BCUT2D eigenvalue weighted by atomic mass is 32.2. The summed E-state index contributed by atoms with van der Waals surface area (Å²) in [6.45, 7) is 14.5. The van der Waals surface area contributed by atoms with Crippen LogP contribution < -0.4 is 10.0 Å². The molecule has 0 saturated carbocycles. The Labute approximate surface area is 251 Å². The molecule has 1 saturated heterocycles. The molecule has 1 unspecified atom stereocenters. The van der Waals surface area contributed by atoms with Crippen LogP contribution in [0, 0.1) is 16.7 Å². The lowest BCUT2D eigenvalue weighted by molar-refractivity contribution is -0.162. The third kappa shape index (κ3) is 7.28. The number of carbonyl (C=O) groups is 2. The first-order valence-corrected chi connectivity index (χ1v) is 16.4. The van der Waals surface area contributed by atoms with Gasteiger partial charge in [0.25, 0.3) is 0 Å². The lowest BCUT2D eigenvalue weighted by Gasteiger charge is -2.36. The number of nitriles is 1. The van der Waals surface area contributed by atoms with Gasteiger partial charge in [-0.25, -0.2) is 13.1 Å². The van der Waals surface area contributed by atoms with Crippen LogP contribution in [0.25, 0.3) is 0 Å². The number of nitrogens with one attached hydrogen (secondary N) is 2. The zero-order valence-corrected chi connectivity index (χ0v) is 26.7. The number of esters is 1. The largest absolute Gasteiger partial charge is 0.465 e. The molecule has 2 aromatic rings. The van der Waals surface area contributed by atoms with E-state index in [0.29, 0.717) is 35.2 Å². The van der Waals surface area contributed by atoms with Crippen molar-refractivity contribution in [3.8, 4) is 6.07 Å². The molecule has 0 amide bonds. The monoisotopic (exact) mass is 595 g/mol. The third-order valence-corrected chi connectivity index (χ3v) is 9.58. The second-order valence-electron chi connectivity index (χ2n) is 12.1. The number of Topliss-reactive ketones (excluding diaryl/α,β-unsaturated/α-hetero) is 1. The fourth-order valence-corrected chi connectivity index (χ4v) is 7.52. The van der Waals surface area contributed by atoms with E-state index in [1.54, 1.807) is 31.2 Å². The highest BCUT2D eigenvalue weighted by Gasteiger charge is 2.51. The molecule has 2 N–H and O–H groups in total. The van der Waals surface area contributed by atoms with Gasteiger partial charge in [-0.15, -0.1) is 0 Å². The quantitative estimate of drug-likeness (QED) is 0.251. The van der Waals surface area contributed by atoms with Gasteiger partial charge in [-0.3, -0.25) is 9.59 Å². The van der Waals surface area contributed by atoms with Crippen LogP contribution in [0.1, 0.15) is 107 Å². The van der Waals surface area contributed by atoms with E-state index in [1.807, 2.05) is 39.8 Å². The van der Waals surface area contributed by atoms with E-state index in [-0.39, 0.29) is 48.6 Å². The van der Waals surface area contributed by atoms with Crippen molar-refractivity contribution in [2.75, 3.05) is 19.7 Å². The highest BCUT2D eigenvalue weighted by molar-refractivity contribution is 7.89. The van der Waals surface area contributed by atoms with Gasteiger partial charge in [0.2, 0.25) is 10.0 Å². The summed E-state index contributed by atoms with van der Waals surface area (Å²) in [5.41, 5.74) is 1.91. The van der Waals surface area contributed by atoms with Crippen LogP contribution in [0.5, 0.6) is 0 Å². The number of benzene rings is 2. The molecule has 0 radical (unpaired) electrons. The second kappa shape index (κ2) is 13.9. The van der Waals surface area contributed by atoms with Crippen LogP contribution in [0.15, 0.2) is 41.3 Å². The molecule has 2 aromatic carbocycles. The minimum Gasteiger partial charge on any atom is -0.465 e. The van der Waals surface area contributed by atoms with E-state index < -0.39 is 33.2 Å². The van der Waals surface area contributed by atoms with E-state index in [0.717, 1.165) is 5.56 Å². The van der Waals surface area contributed by atoms with Gasteiger partial charge in [0.05, 0.1) is 29.2 Å². The Balaban J connectivity index is 2.20. The topological polar surface area (TPSA) is 125 Å². The van der Waals surface area contributed by atoms with Crippen molar-refractivity contribution >= 4 is 21.8 Å². The van der Waals surface area contributed by atoms with Crippen molar-refractivity contribution in [1.29, 1.82) is 5.26 Å². The summed E-state index contributed by atoms with van der Waals surface area (Å²) >= 11 is 0. The van der Waals surface area contributed by atoms with Gasteiger partial charge < -0.3 is 10.1 Å². The van der Waals surface area contributed by atoms with Crippen molar-refractivity contribution in [2.45, 2.75) is 96.4 Å². The van der Waals surface area contributed by atoms with Gasteiger partial charge in [-0.1, -0.05) is 65.8 Å². The Hall–Kier alpha value is -3.06. The maximum Gasteiger partial charge on any atom is 0.321 e. The smallest absolute Gasteiger partial charge is 0.321 e. The van der Waals surface area contributed by atoms with E-state index in [1.165, 1.54) is 0 Å². The van der Waals surface area contributed by atoms with Crippen molar-refractivity contribution in [3.63, 3.8) is 0 Å². The van der Waals surface area contributed by atoms with Gasteiger partial charge in [0.1, 0.15) is 5.41 Å². The molecule has 1 aliphatic rings. The Bertz CT molecular complexity index is 1400. The Kier molecular flexibility index (Phi) is 11.1. The van der Waals surface area contributed by atoms with Crippen LogP contribution >= 0.6 is 0 Å². The summed E-state index contributed by atoms with van der Waals surface area (Å²) in [6.07, 6.45) is 0.804. The summed E-state index contributed by atoms with van der Waals surface area (Å²) in [7, 11) is -4.25. The molecule has 228 valence electrons. The van der Waals surface area contributed by atoms with Crippen LogP contribution in [-0.2, 0) is 30.8 Å². The second-order valence-corrected chi connectivity index (χ2v) is 13.8. The first-order valence-electron chi connectivity index (χ1n) is 14.9. The SMILES string of the molecule is CCOC(=O)C1(C(=O)[C@H](Cc2cccc(C#N)c2)NS(=O)(=O)c2c(C(C)C)cc(C(C)C)cc2C(C)C)CCCNC1. The molecule has 3 rings (SSSR count). The molecule has 9 heteroatoms. The number of nitrogens with zero attached hydrogens (tertiary/aromatic N) is 1. The van der Waals surface area contributed by atoms with E-state index in [4.69, 9.17) is 4.74 Å². The third-order valence-electron chi connectivity index (χ3n) is 7.98. The van der Waals surface area contributed by atoms with Crippen LogP contribution in [0.3, 0.4) is 0 Å². The zero-order valence-electron chi connectivity index (χ0n) is 25.9. The molecule has 0 aliphatic carbocycles. The molecule has 2 atom stereocenters. The summed E-state index contributed by atoms with van der Waals surface area (Å²) in [5.74, 6) is -1.17. The zero-order chi connectivity index (χ0) is 31.2. The molecule has 1 heterocycles. The fourth-order valence-electron chi connectivity index (χ4n) is 5.63. The van der Waals surface area contributed by atoms with Gasteiger partial charge >= 0.3 is 5.97 Å². The molecule has 0 bridgehead atoms. The lowest BCUT2D eigenvalue weighted by atomic mass is 9.73. The first kappa shape index (κ1) is 33.4. The van der Waals surface area contributed by atoms with Crippen molar-refractivity contribution < 1.29 is 22.7 Å². The molecule has 1 fully saturated rings. The van der Waals surface area contributed by atoms with Gasteiger partial charge in [0, 0.05) is 6.54 Å². The first-order chi connectivity index (χ1) is 19.8. The standard InChI is InChI=1S/C33H45N3O5S/c1-8-41-32(38)33(13-10-14-35-20-33)31(37)29(16-24-11-9-12-25(15-24)19-34)36-42(39,40)30-27(22(4)5)17-26(21(2)3)18-28(30)23(6)7/h9,11-12,15,17-18,21-23,29,35-36H,8,10,13-14,16,20H2,1-7H3/t29-,33?/m0/s1. The predicted molar refractivity (Wildman–Crippen MR) is 164 cm³/mol. The Morgan fingerprint density at radius 2 is 1.69 bits per heavy atom. The molecule has 42 heavy (non-hydrogen) atoms. The average molecular weight is 596 g/mol. The van der Waals surface area contributed by atoms with E-state index in [2.05, 4.69) is 30.0 Å². The molecule has 1 aliphatic heterocycles. The molecular formula is C33H45N3O5S. The number of rotatable bonds is 12. The van der Waals surface area contributed by atoms with Gasteiger partial charge in [-0.2, -0.15) is 5.26 Å². The average Bonchev–Trinajstić information content (AvgIpc) is 2.96. The van der Waals surface area contributed by atoms with E-state index >= 15 is 0 Å². The van der Waals surface area contributed by atoms with Crippen molar-refractivity contribution in [3.05, 3.63) is 64.2 Å². The number of ether oxygens (including phenoxy) is 1. The minimum atomic E-state index is -4.25. The summed E-state index contributed by atoms with van der Waals surface area (Å²) in [6, 6.07) is 11.5. The minimum absolute atomic E-state index is 0.0210. The molecular weight excluding hydrogens is 550 g/mol. The Morgan fingerprint density at radius 3 is 2.19 bits per heavy atom. The highest BCUT2D eigenvalue weighted by Crippen LogP contribution is 2.36. The van der Waals surface area contributed by atoms with Gasteiger partial charge in [-0.05, 0) is 84.9 Å². The fraction of sp³-hybridized carbons (Fsp3) is 0.545. The lowest BCUT2D eigenvalue weighted by Crippen LogP contribution is -2.58. The molecule has 8 nitrogen and oxygen atoms in total. The normalized spacial score (nSPS) is 18.2. The van der Waals surface area contributed by atoms with Crippen LogP contribution in [-0.4, -0.2) is 45.9 Å². The molecule has 0 spiro atoms. The number of hydrogen-bond acceptors (Lipinski definition) is 7.